The summed E-state index contributed by atoms with van der Waals surface area (Å²) in [4.78, 5) is 18.8. The van der Waals surface area contributed by atoms with E-state index < -0.39 is 0 Å². The Hall–Kier alpha value is -2.36. The van der Waals surface area contributed by atoms with Crippen LogP contribution in [0, 0.1) is 0 Å². The van der Waals surface area contributed by atoms with E-state index in [4.69, 9.17) is 5.73 Å². The number of amides is 1. The highest BCUT2D eigenvalue weighted by molar-refractivity contribution is 5.95. The van der Waals surface area contributed by atoms with Gasteiger partial charge in [0, 0.05) is 23.5 Å². The fourth-order valence-electron chi connectivity index (χ4n) is 2.26. The summed E-state index contributed by atoms with van der Waals surface area (Å²) in [5, 5.41) is 0. The van der Waals surface area contributed by atoms with Crippen LogP contribution in [-0.4, -0.2) is 21.8 Å². The van der Waals surface area contributed by atoms with Crippen molar-refractivity contribution in [1.29, 1.82) is 0 Å². The van der Waals surface area contributed by atoms with E-state index in [2.05, 4.69) is 4.98 Å². The van der Waals surface area contributed by atoms with Gasteiger partial charge in [0.05, 0.1) is 12.2 Å². The van der Waals surface area contributed by atoms with Crippen LogP contribution in [0.3, 0.4) is 0 Å². The molecule has 1 aliphatic rings. The lowest BCUT2D eigenvalue weighted by Gasteiger charge is -2.22. The number of nitrogens with two attached hydrogens (primary N) is 1. The number of pyridine rings is 1. The molecule has 2 N–H and O–H groups in total. The molecule has 0 saturated heterocycles. The van der Waals surface area contributed by atoms with Gasteiger partial charge in [-0.3, -0.25) is 9.78 Å². The number of carbonyl (C=O) groups is 1. The molecule has 4 heteroatoms. The minimum atomic E-state index is 0.0328. The minimum absolute atomic E-state index is 0.0328. The number of anilines is 1. The van der Waals surface area contributed by atoms with Gasteiger partial charge < -0.3 is 10.6 Å². The summed E-state index contributed by atoms with van der Waals surface area (Å²) in [6.45, 7) is 0.555. The zero-order valence-corrected chi connectivity index (χ0v) is 11.2. The standard InChI is InChI=1S/C16H17N3O/c17-13-5-3-4-12(10-13)16(20)19(15-7-8-15)11-14-6-1-2-9-18-14/h1-6,9-10,15H,7-8,11,17H2. The van der Waals surface area contributed by atoms with E-state index >= 15 is 0 Å². The van der Waals surface area contributed by atoms with Gasteiger partial charge in [-0.05, 0) is 43.2 Å². The van der Waals surface area contributed by atoms with Crippen LogP contribution in [0.15, 0.2) is 48.7 Å². The van der Waals surface area contributed by atoms with Gasteiger partial charge in [-0.2, -0.15) is 0 Å². The Kier molecular flexibility index (Phi) is 3.37. The molecule has 0 atom stereocenters. The van der Waals surface area contributed by atoms with Crippen LogP contribution >= 0.6 is 0 Å². The largest absolute Gasteiger partial charge is 0.399 e. The van der Waals surface area contributed by atoms with E-state index in [0.717, 1.165) is 18.5 Å². The van der Waals surface area contributed by atoms with Crippen LogP contribution in [0.2, 0.25) is 0 Å². The summed E-state index contributed by atoms with van der Waals surface area (Å²) < 4.78 is 0. The molecule has 0 unspecified atom stereocenters. The second-order valence-electron chi connectivity index (χ2n) is 5.11. The first-order valence-electron chi connectivity index (χ1n) is 6.80. The van der Waals surface area contributed by atoms with Gasteiger partial charge >= 0.3 is 0 Å². The van der Waals surface area contributed by atoms with Crippen molar-refractivity contribution in [3.63, 3.8) is 0 Å². The topological polar surface area (TPSA) is 59.2 Å². The highest BCUT2D eigenvalue weighted by Crippen LogP contribution is 2.29. The summed E-state index contributed by atoms with van der Waals surface area (Å²) in [6, 6.07) is 13.3. The number of nitrogen functional groups attached to an aromatic ring is 1. The lowest BCUT2D eigenvalue weighted by molar-refractivity contribution is 0.0728. The zero-order chi connectivity index (χ0) is 13.9. The Morgan fingerprint density at radius 2 is 2.10 bits per heavy atom. The molecule has 1 saturated carbocycles. The smallest absolute Gasteiger partial charge is 0.254 e. The van der Waals surface area contributed by atoms with Crippen molar-refractivity contribution in [3.05, 3.63) is 59.9 Å². The molecule has 1 aromatic heterocycles. The first-order valence-corrected chi connectivity index (χ1v) is 6.80. The van der Waals surface area contributed by atoms with Crippen molar-refractivity contribution in [3.8, 4) is 0 Å². The molecule has 1 amide bonds. The first-order chi connectivity index (χ1) is 9.74. The maximum atomic E-state index is 12.6. The van der Waals surface area contributed by atoms with Crippen LogP contribution in [0.5, 0.6) is 0 Å². The maximum absolute atomic E-state index is 12.6. The van der Waals surface area contributed by atoms with Gasteiger partial charge in [0.2, 0.25) is 0 Å². The first kappa shape index (κ1) is 12.7. The number of aromatic nitrogens is 1. The van der Waals surface area contributed by atoms with Crippen molar-refractivity contribution in [2.75, 3.05) is 5.73 Å². The van der Waals surface area contributed by atoms with Gasteiger partial charge in [0.1, 0.15) is 0 Å². The van der Waals surface area contributed by atoms with E-state index in [1.165, 1.54) is 0 Å². The molecule has 4 nitrogen and oxygen atoms in total. The van der Waals surface area contributed by atoms with Crippen molar-refractivity contribution < 1.29 is 4.79 Å². The van der Waals surface area contributed by atoms with Crippen molar-refractivity contribution in [2.24, 2.45) is 0 Å². The van der Waals surface area contributed by atoms with Crippen LogP contribution in [-0.2, 0) is 6.54 Å². The van der Waals surface area contributed by atoms with E-state index in [9.17, 15) is 4.79 Å². The third kappa shape index (κ3) is 2.79. The molecule has 0 aliphatic heterocycles. The number of hydrogen-bond donors (Lipinski definition) is 1. The average Bonchev–Trinajstić information content (AvgIpc) is 3.30. The summed E-state index contributed by atoms with van der Waals surface area (Å²) in [6.07, 6.45) is 3.90. The predicted molar refractivity (Wildman–Crippen MR) is 78.0 cm³/mol. The second kappa shape index (κ2) is 5.33. The monoisotopic (exact) mass is 267 g/mol. The van der Waals surface area contributed by atoms with Gasteiger partial charge in [0.25, 0.3) is 5.91 Å². The number of hydrogen-bond acceptors (Lipinski definition) is 3. The van der Waals surface area contributed by atoms with Gasteiger partial charge in [-0.1, -0.05) is 12.1 Å². The van der Waals surface area contributed by atoms with Crippen LogP contribution < -0.4 is 5.73 Å². The Labute approximate surface area is 118 Å². The molecular weight excluding hydrogens is 250 g/mol. The third-order valence-corrected chi connectivity index (χ3v) is 3.44. The third-order valence-electron chi connectivity index (χ3n) is 3.44. The van der Waals surface area contributed by atoms with Gasteiger partial charge in [0.15, 0.2) is 0 Å². The number of rotatable bonds is 4. The molecule has 2 aromatic rings. The molecule has 20 heavy (non-hydrogen) atoms. The Morgan fingerprint density at radius 1 is 1.25 bits per heavy atom. The minimum Gasteiger partial charge on any atom is -0.399 e. The van der Waals surface area contributed by atoms with Crippen molar-refractivity contribution in [2.45, 2.75) is 25.4 Å². The van der Waals surface area contributed by atoms with Gasteiger partial charge in [-0.25, -0.2) is 0 Å². The summed E-state index contributed by atoms with van der Waals surface area (Å²) >= 11 is 0. The molecule has 1 aromatic carbocycles. The highest BCUT2D eigenvalue weighted by atomic mass is 16.2. The van der Waals surface area contributed by atoms with Gasteiger partial charge in [-0.15, -0.1) is 0 Å². The molecule has 0 radical (unpaired) electrons. The molecule has 1 aliphatic carbocycles. The second-order valence-corrected chi connectivity index (χ2v) is 5.11. The summed E-state index contributed by atoms with van der Waals surface area (Å²) in [5.41, 5.74) is 7.93. The van der Waals surface area contributed by atoms with E-state index in [1.807, 2.05) is 35.2 Å². The van der Waals surface area contributed by atoms with Crippen LogP contribution in [0.1, 0.15) is 28.9 Å². The van der Waals surface area contributed by atoms with Crippen LogP contribution in [0.4, 0.5) is 5.69 Å². The fraction of sp³-hybridized carbons (Fsp3) is 0.250. The molecule has 102 valence electrons. The predicted octanol–water partition coefficient (Wildman–Crippen LogP) is 2.47. The molecular formula is C16H17N3O. The number of benzene rings is 1. The Balaban J connectivity index is 1.82. The molecule has 1 fully saturated rings. The fourth-order valence-corrected chi connectivity index (χ4v) is 2.26. The summed E-state index contributed by atoms with van der Waals surface area (Å²) in [7, 11) is 0. The number of nitrogens with zero attached hydrogens (tertiary/aromatic N) is 2. The SMILES string of the molecule is Nc1cccc(C(=O)N(Cc2ccccn2)C2CC2)c1. The van der Waals surface area contributed by atoms with E-state index in [1.54, 1.807) is 18.3 Å². The Bertz CT molecular complexity index is 608. The van der Waals surface area contributed by atoms with E-state index in [0.29, 0.717) is 23.8 Å². The quantitative estimate of drug-likeness (QED) is 0.866. The number of carbonyl (C=O) groups excluding carboxylic acids is 1. The molecule has 0 bridgehead atoms. The van der Waals surface area contributed by atoms with E-state index in [-0.39, 0.29) is 5.91 Å². The average molecular weight is 267 g/mol. The Morgan fingerprint density at radius 3 is 2.75 bits per heavy atom. The zero-order valence-electron chi connectivity index (χ0n) is 11.2. The normalized spacial score (nSPS) is 14.0. The summed E-state index contributed by atoms with van der Waals surface area (Å²) in [5.74, 6) is 0.0328. The highest BCUT2D eigenvalue weighted by Gasteiger charge is 2.33. The molecule has 3 rings (SSSR count). The molecule has 0 spiro atoms. The van der Waals surface area contributed by atoms with Crippen LogP contribution in [0.25, 0.3) is 0 Å². The molecule has 1 heterocycles. The van der Waals surface area contributed by atoms with Crippen molar-refractivity contribution >= 4 is 11.6 Å². The lowest BCUT2D eigenvalue weighted by atomic mass is 10.1. The maximum Gasteiger partial charge on any atom is 0.254 e. The lowest BCUT2D eigenvalue weighted by Crippen LogP contribution is -2.32. The van der Waals surface area contributed by atoms with Crippen molar-refractivity contribution in [1.82, 2.24) is 9.88 Å².